The van der Waals surface area contributed by atoms with Gasteiger partial charge in [0.25, 0.3) is 0 Å². The number of rotatable bonds is 5. The lowest BCUT2D eigenvalue weighted by molar-refractivity contribution is 0.0303. The van der Waals surface area contributed by atoms with Gasteiger partial charge in [-0.3, -0.25) is 4.68 Å². The second kappa shape index (κ2) is 5.91. The Hall–Kier alpha value is -1.83. The van der Waals surface area contributed by atoms with Crippen LogP contribution < -0.4 is 0 Å². The number of aromatic nitrogens is 2. The van der Waals surface area contributed by atoms with E-state index in [9.17, 15) is 4.79 Å². The molecule has 1 aromatic rings. The van der Waals surface area contributed by atoms with E-state index in [1.54, 1.807) is 10.9 Å². The van der Waals surface area contributed by atoms with Gasteiger partial charge in [0.2, 0.25) is 0 Å². The standard InChI is InChI=1S/C11H15N3O2/c1-3-10(5-6-12)16-11(15)9-7-13-14(4-2)8-9/h7-8,10H,3-5H2,1-2H3/t10-/m1/s1. The molecule has 1 atom stereocenters. The zero-order valence-corrected chi connectivity index (χ0v) is 9.51. The average Bonchev–Trinajstić information content (AvgIpc) is 2.76. The van der Waals surface area contributed by atoms with Crippen molar-refractivity contribution < 1.29 is 9.53 Å². The Kier molecular flexibility index (Phi) is 4.52. The van der Waals surface area contributed by atoms with Crippen LogP contribution in [0.25, 0.3) is 0 Å². The summed E-state index contributed by atoms with van der Waals surface area (Å²) in [4.78, 5) is 11.6. The minimum atomic E-state index is -0.415. The smallest absolute Gasteiger partial charge is 0.341 e. The summed E-state index contributed by atoms with van der Waals surface area (Å²) in [6, 6.07) is 1.99. The van der Waals surface area contributed by atoms with E-state index in [0.29, 0.717) is 18.5 Å². The van der Waals surface area contributed by atoms with Crippen LogP contribution in [0.5, 0.6) is 0 Å². The molecule has 0 aliphatic carbocycles. The molecule has 0 saturated carbocycles. The van der Waals surface area contributed by atoms with Crippen molar-refractivity contribution in [1.29, 1.82) is 5.26 Å². The van der Waals surface area contributed by atoms with Crippen LogP contribution in [0.15, 0.2) is 12.4 Å². The van der Waals surface area contributed by atoms with Crippen molar-refractivity contribution in [1.82, 2.24) is 9.78 Å². The maximum Gasteiger partial charge on any atom is 0.341 e. The fourth-order valence-electron chi connectivity index (χ4n) is 1.23. The molecule has 0 saturated heterocycles. The van der Waals surface area contributed by atoms with E-state index >= 15 is 0 Å². The van der Waals surface area contributed by atoms with Crippen LogP contribution in [-0.2, 0) is 11.3 Å². The first kappa shape index (κ1) is 12.2. The molecule has 1 aromatic heterocycles. The van der Waals surface area contributed by atoms with Gasteiger partial charge in [-0.1, -0.05) is 6.92 Å². The highest BCUT2D eigenvalue weighted by Gasteiger charge is 2.15. The third kappa shape index (κ3) is 3.09. The quantitative estimate of drug-likeness (QED) is 0.710. The summed E-state index contributed by atoms with van der Waals surface area (Å²) in [5.41, 5.74) is 0.429. The number of aryl methyl sites for hydroxylation is 1. The highest BCUT2D eigenvalue weighted by molar-refractivity contribution is 5.88. The number of ether oxygens (including phenoxy) is 1. The Morgan fingerprint density at radius 3 is 2.94 bits per heavy atom. The van der Waals surface area contributed by atoms with E-state index in [1.165, 1.54) is 6.20 Å². The maximum atomic E-state index is 11.6. The van der Waals surface area contributed by atoms with Crippen LogP contribution in [0.4, 0.5) is 0 Å². The van der Waals surface area contributed by atoms with Gasteiger partial charge in [0.05, 0.1) is 24.3 Å². The normalized spacial score (nSPS) is 11.8. The molecule has 16 heavy (non-hydrogen) atoms. The van der Waals surface area contributed by atoms with Gasteiger partial charge in [-0.15, -0.1) is 0 Å². The van der Waals surface area contributed by atoms with Crippen LogP contribution in [0.2, 0.25) is 0 Å². The summed E-state index contributed by atoms with van der Waals surface area (Å²) in [6.07, 6.45) is 3.65. The second-order valence-corrected chi connectivity index (χ2v) is 3.38. The summed E-state index contributed by atoms with van der Waals surface area (Å²) < 4.78 is 6.82. The number of esters is 1. The fraction of sp³-hybridized carbons (Fsp3) is 0.545. The highest BCUT2D eigenvalue weighted by atomic mass is 16.5. The Bertz CT molecular complexity index is 392. The first-order chi connectivity index (χ1) is 7.71. The van der Waals surface area contributed by atoms with Crippen molar-refractivity contribution in [2.24, 2.45) is 0 Å². The van der Waals surface area contributed by atoms with Crippen molar-refractivity contribution >= 4 is 5.97 Å². The van der Waals surface area contributed by atoms with Crippen molar-refractivity contribution in [2.75, 3.05) is 0 Å². The Morgan fingerprint density at radius 2 is 2.44 bits per heavy atom. The Balaban J connectivity index is 2.61. The van der Waals surface area contributed by atoms with Gasteiger partial charge in [0, 0.05) is 12.7 Å². The third-order valence-corrected chi connectivity index (χ3v) is 2.24. The summed E-state index contributed by atoms with van der Waals surface area (Å²) in [7, 11) is 0. The second-order valence-electron chi connectivity index (χ2n) is 3.38. The lowest BCUT2D eigenvalue weighted by Crippen LogP contribution is -2.16. The molecular weight excluding hydrogens is 206 g/mol. The van der Waals surface area contributed by atoms with Crippen LogP contribution in [0, 0.1) is 11.3 Å². The maximum absolute atomic E-state index is 11.6. The number of hydrogen-bond donors (Lipinski definition) is 0. The Labute approximate surface area is 94.6 Å². The largest absolute Gasteiger partial charge is 0.458 e. The molecule has 0 amide bonds. The number of carbonyl (C=O) groups excluding carboxylic acids is 1. The van der Waals surface area contributed by atoms with Crippen molar-refractivity contribution in [3.63, 3.8) is 0 Å². The molecule has 0 aliphatic rings. The zero-order valence-electron chi connectivity index (χ0n) is 9.51. The van der Waals surface area contributed by atoms with Gasteiger partial charge >= 0.3 is 5.97 Å². The van der Waals surface area contributed by atoms with Gasteiger partial charge in [0.15, 0.2) is 0 Å². The molecule has 0 radical (unpaired) electrons. The van der Waals surface area contributed by atoms with E-state index < -0.39 is 5.97 Å². The molecule has 0 aliphatic heterocycles. The van der Waals surface area contributed by atoms with Crippen molar-refractivity contribution in [3.05, 3.63) is 18.0 Å². The van der Waals surface area contributed by atoms with E-state index in [1.807, 2.05) is 19.9 Å². The van der Waals surface area contributed by atoms with Gasteiger partial charge in [-0.05, 0) is 13.3 Å². The van der Waals surface area contributed by atoms with Crippen molar-refractivity contribution in [2.45, 2.75) is 39.3 Å². The summed E-state index contributed by atoms with van der Waals surface area (Å²) in [6.45, 7) is 4.53. The van der Waals surface area contributed by atoms with Crippen molar-refractivity contribution in [3.8, 4) is 6.07 Å². The SMILES string of the molecule is CC[C@H](CC#N)OC(=O)c1cnn(CC)c1. The van der Waals surface area contributed by atoms with Gasteiger partial charge in [0.1, 0.15) is 6.10 Å². The topological polar surface area (TPSA) is 67.9 Å². The van der Waals surface area contributed by atoms with E-state index in [2.05, 4.69) is 5.10 Å². The Morgan fingerprint density at radius 1 is 1.69 bits per heavy atom. The summed E-state index contributed by atoms with van der Waals surface area (Å²) in [5, 5.41) is 12.5. The minimum Gasteiger partial charge on any atom is -0.458 e. The fourth-order valence-corrected chi connectivity index (χ4v) is 1.23. The number of nitriles is 1. The molecule has 86 valence electrons. The van der Waals surface area contributed by atoms with Crippen LogP contribution in [-0.4, -0.2) is 21.9 Å². The number of carbonyl (C=O) groups is 1. The number of hydrogen-bond acceptors (Lipinski definition) is 4. The molecule has 0 fully saturated rings. The average molecular weight is 221 g/mol. The van der Waals surface area contributed by atoms with Crippen LogP contribution >= 0.6 is 0 Å². The first-order valence-electron chi connectivity index (χ1n) is 5.31. The molecule has 5 nitrogen and oxygen atoms in total. The molecule has 0 spiro atoms. The zero-order chi connectivity index (χ0) is 12.0. The van der Waals surface area contributed by atoms with Crippen LogP contribution in [0.3, 0.4) is 0 Å². The minimum absolute atomic E-state index is 0.226. The molecule has 0 aromatic carbocycles. The molecular formula is C11H15N3O2. The molecule has 0 unspecified atom stereocenters. The number of nitrogens with zero attached hydrogens (tertiary/aromatic N) is 3. The summed E-state index contributed by atoms with van der Waals surface area (Å²) in [5.74, 6) is -0.415. The lowest BCUT2D eigenvalue weighted by atomic mass is 10.2. The van der Waals surface area contributed by atoms with E-state index in [4.69, 9.17) is 10.00 Å². The molecule has 1 rings (SSSR count). The monoisotopic (exact) mass is 221 g/mol. The van der Waals surface area contributed by atoms with Gasteiger partial charge in [-0.2, -0.15) is 10.4 Å². The summed E-state index contributed by atoms with van der Waals surface area (Å²) >= 11 is 0. The molecule has 5 heteroatoms. The highest BCUT2D eigenvalue weighted by Crippen LogP contribution is 2.08. The first-order valence-corrected chi connectivity index (χ1v) is 5.31. The molecule has 1 heterocycles. The van der Waals surface area contributed by atoms with E-state index in [0.717, 1.165) is 0 Å². The van der Waals surface area contributed by atoms with Crippen LogP contribution in [0.1, 0.15) is 37.0 Å². The van der Waals surface area contributed by atoms with Gasteiger partial charge < -0.3 is 4.74 Å². The molecule has 0 N–H and O–H groups in total. The molecule has 0 bridgehead atoms. The third-order valence-electron chi connectivity index (χ3n) is 2.24. The lowest BCUT2D eigenvalue weighted by Gasteiger charge is -2.11. The predicted molar refractivity (Wildman–Crippen MR) is 57.6 cm³/mol. The predicted octanol–water partition coefficient (Wildman–Crippen LogP) is 1.75. The van der Waals surface area contributed by atoms with Gasteiger partial charge in [-0.25, -0.2) is 4.79 Å². The van der Waals surface area contributed by atoms with E-state index in [-0.39, 0.29) is 12.5 Å².